The smallest absolute Gasteiger partial charge is 0.223 e. The molecule has 35 heavy (non-hydrogen) atoms. The van der Waals surface area contributed by atoms with Gasteiger partial charge in [0.2, 0.25) is 5.95 Å². The van der Waals surface area contributed by atoms with Crippen molar-refractivity contribution < 1.29 is 14.3 Å². The van der Waals surface area contributed by atoms with Gasteiger partial charge in [-0.15, -0.1) is 0 Å². The highest BCUT2D eigenvalue weighted by Gasteiger charge is 2.23. The van der Waals surface area contributed by atoms with Crippen LogP contribution in [0.2, 0.25) is 0 Å². The van der Waals surface area contributed by atoms with Gasteiger partial charge in [0.05, 0.1) is 19.9 Å². The predicted octanol–water partition coefficient (Wildman–Crippen LogP) is 4.41. The second kappa shape index (κ2) is 11.8. The normalized spacial score (nSPS) is 15.7. The van der Waals surface area contributed by atoms with Gasteiger partial charge in [0.25, 0.3) is 0 Å². The van der Waals surface area contributed by atoms with Crippen molar-refractivity contribution in [3.8, 4) is 22.8 Å². The first kappa shape index (κ1) is 24.7. The van der Waals surface area contributed by atoms with Crippen LogP contribution >= 0.6 is 0 Å². The van der Waals surface area contributed by atoms with Gasteiger partial charge in [-0.3, -0.25) is 4.79 Å². The number of rotatable bonds is 11. The number of ketones is 1. The summed E-state index contributed by atoms with van der Waals surface area (Å²) >= 11 is 0. The standard InChI is InChI=1S/C28H34N4O3/c1-32-15-5-8-23(32)19-24(33)17-21-6-4-7-22(16-21)25-12-14-30-28(31-25)29-13-11-20-9-10-26(34-2)27(18-20)35-3/h4,6-7,9-10,12,14,16,18,23H,5,8,11,13,15,17,19H2,1-3H3,(H,29,30,31). The van der Waals surface area contributed by atoms with Crippen molar-refractivity contribution in [1.82, 2.24) is 14.9 Å². The number of hydrogen-bond acceptors (Lipinski definition) is 7. The molecule has 0 bridgehead atoms. The number of hydrogen-bond donors (Lipinski definition) is 1. The lowest BCUT2D eigenvalue weighted by Crippen LogP contribution is -2.27. The van der Waals surface area contributed by atoms with E-state index in [1.807, 2.05) is 42.5 Å². The van der Waals surface area contributed by atoms with Crippen molar-refractivity contribution in [1.29, 1.82) is 0 Å². The molecule has 7 nitrogen and oxygen atoms in total. The first-order valence-corrected chi connectivity index (χ1v) is 12.1. The maximum absolute atomic E-state index is 12.7. The maximum Gasteiger partial charge on any atom is 0.223 e. The Hall–Kier alpha value is -3.45. The summed E-state index contributed by atoms with van der Waals surface area (Å²) in [5, 5.41) is 3.31. The quantitative estimate of drug-likeness (QED) is 0.441. The minimum absolute atomic E-state index is 0.293. The number of nitrogens with one attached hydrogen (secondary N) is 1. The number of carbonyl (C=O) groups excluding carboxylic acids is 1. The van der Waals surface area contributed by atoms with E-state index >= 15 is 0 Å². The number of carbonyl (C=O) groups is 1. The van der Waals surface area contributed by atoms with E-state index in [4.69, 9.17) is 14.5 Å². The molecule has 0 spiro atoms. The fourth-order valence-electron chi connectivity index (χ4n) is 4.60. The molecule has 1 unspecified atom stereocenters. The topological polar surface area (TPSA) is 76.6 Å². The van der Waals surface area contributed by atoms with Crippen molar-refractivity contribution in [3.05, 3.63) is 65.9 Å². The number of anilines is 1. The monoisotopic (exact) mass is 474 g/mol. The fraction of sp³-hybridized carbons (Fsp3) is 0.393. The minimum Gasteiger partial charge on any atom is -0.493 e. The third kappa shape index (κ3) is 6.57. The summed E-state index contributed by atoms with van der Waals surface area (Å²) in [6, 6.07) is 16.3. The Morgan fingerprint density at radius 2 is 1.94 bits per heavy atom. The van der Waals surface area contributed by atoms with Gasteiger partial charge >= 0.3 is 0 Å². The molecule has 1 aromatic heterocycles. The number of ether oxygens (including phenoxy) is 2. The van der Waals surface area contributed by atoms with Crippen molar-refractivity contribution in [3.63, 3.8) is 0 Å². The third-order valence-electron chi connectivity index (χ3n) is 6.56. The van der Waals surface area contributed by atoms with Crippen molar-refractivity contribution >= 4 is 11.7 Å². The molecule has 4 rings (SSSR count). The lowest BCUT2D eigenvalue weighted by Gasteiger charge is -2.18. The Balaban J connectivity index is 1.35. The molecule has 3 aromatic rings. The second-order valence-electron chi connectivity index (χ2n) is 9.03. The van der Waals surface area contributed by atoms with Gasteiger partial charge in [0.15, 0.2) is 11.5 Å². The minimum atomic E-state index is 0.293. The van der Waals surface area contributed by atoms with Crippen LogP contribution in [-0.2, 0) is 17.6 Å². The van der Waals surface area contributed by atoms with Crippen LogP contribution < -0.4 is 14.8 Å². The zero-order valence-electron chi connectivity index (χ0n) is 20.8. The van der Waals surface area contributed by atoms with E-state index in [1.54, 1.807) is 20.4 Å². The zero-order chi connectivity index (χ0) is 24.6. The molecule has 7 heteroatoms. The maximum atomic E-state index is 12.7. The van der Waals surface area contributed by atoms with Crippen LogP contribution in [0.1, 0.15) is 30.4 Å². The molecule has 1 aliphatic heterocycles. The molecular formula is C28H34N4O3. The number of benzene rings is 2. The van der Waals surface area contributed by atoms with Gasteiger partial charge in [-0.2, -0.15) is 0 Å². The largest absolute Gasteiger partial charge is 0.493 e. The van der Waals surface area contributed by atoms with Crippen LogP contribution in [0.5, 0.6) is 11.5 Å². The SMILES string of the molecule is COc1ccc(CCNc2nccc(-c3cccc(CC(=O)CC4CCCN4C)c3)n2)cc1OC. The molecule has 1 fully saturated rings. The van der Waals surface area contributed by atoms with E-state index in [1.165, 1.54) is 6.42 Å². The van der Waals surface area contributed by atoms with Gasteiger partial charge in [-0.25, -0.2) is 9.97 Å². The lowest BCUT2D eigenvalue weighted by atomic mass is 10.00. The van der Waals surface area contributed by atoms with E-state index in [9.17, 15) is 4.79 Å². The van der Waals surface area contributed by atoms with Gasteiger partial charge in [-0.05, 0) is 68.2 Å². The average molecular weight is 475 g/mol. The lowest BCUT2D eigenvalue weighted by molar-refractivity contribution is -0.119. The van der Waals surface area contributed by atoms with Gasteiger partial charge in [0.1, 0.15) is 5.78 Å². The van der Waals surface area contributed by atoms with Gasteiger partial charge < -0.3 is 19.7 Å². The third-order valence-corrected chi connectivity index (χ3v) is 6.56. The second-order valence-corrected chi connectivity index (χ2v) is 9.03. The fourth-order valence-corrected chi connectivity index (χ4v) is 4.60. The number of aromatic nitrogens is 2. The summed E-state index contributed by atoms with van der Waals surface area (Å²) in [6.45, 7) is 1.77. The highest BCUT2D eigenvalue weighted by molar-refractivity contribution is 5.82. The van der Waals surface area contributed by atoms with Crippen LogP contribution in [-0.4, -0.2) is 61.0 Å². The first-order valence-electron chi connectivity index (χ1n) is 12.1. The molecule has 1 N–H and O–H groups in total. The molecule has 0 saturated carbocycles. The molecule has 0 radical (unpaired) electrons. The molecule has 1 saturated heterocycles. The molecule has 0 aliphatic carbocycles. The molecule has 0 amide bonds. The number of Topliss-reactive ketones (excluding diaryl/α,β-unsaturated/α-hetero) is 1. The van der Waals surface area contributed by atoms with Crippen molar-refractivity contribution in [2.24, 2.45) is 0 Å². The molecule has 1 aliphatic rings. The van der Waals surface area contributed by atoms with Gasteiger partial charge in [0, 0.05) is 37.2 Å². The van der Waals surface area contributed by atoms with Crippen LogP contribution in [0.4, 0.5) is 5.95 Å². The van der Waals surface area contributed by atoms with E-state index in [0.717, 1.165) is 53.3 Å². The summed E-state index contributed by atoms with van der Waals surface area (Å²) in [5.74, 6) is 2.31. The highest BCUT2D eigenvalue weighted by Crippen LogP contribution is 2.28. The van der Waals surface area contributed by atoms with Crippen molar-refractivity contribution in [2.45, 2.75) is 38.1 Å². The van der Waals surface area contributed by atoms with Crippen LogP contribution in [0.25, 0.3) is 11.3 Å². The summed E-state index contributed by atoms with van der Waals surface area (Å²) in [5.41, 5.74) is 3.97. The van der Waals surface area contributed by atoms with E-state index in [-0.39, 0.29) is 0 Å². The van der Waals surface area contributed by atoms with E-state index < -0.39 is 0 Å². The summed E-state index contributed by atoms with van der Waals surface area (Å²) < 4.78 is 10.7. The van der Waals surface area contributed by atoms with E-state index in [2.05, 4.69) is 28.3 Å². The molecule has 1 atom stereocenters. The molecule has 184 valence electrons. The Labute approximate surface area is 207 Å². The molecular weight excluding hydrogens is 440 g/mol. The number of nitrogens with zero attached hydrogens (tertiary/aromatic N) is 3. The Morgan fingerprint density at radius 1 is 1.09 bits per heavy atom. The van der Waals surface area contributed by atoms with Crippen LogP contribution in [0, 0.1) is 0 Å². The number of likely N-dealkylation sites (tertiary alicyclic amines) is 1. The summed E-state index contributed by atoms with van der Waals surface area (Å²) in [6.07, 6.45) is 5.94. The molecule has 2 heterocycles. The highest BCUT2D eigenvalue weighted by atomic mass is 16.5. The average Bonchev–Trinajstić information content (AvgIpc) is 3.28. The Kier molecular flexibility index (Phi) is 8.32. The van der Waals surface area contributed by atoms with Crippen molar-refractivity contribution in [2.75, 3.05) is 39.7 Å². The number of methoxy groups -OCH3 is 2. The van der Waals surface area contributed by atoms with E-state index in [0.29, 0.717) is 37.2 Å². The van der Waals surface area contributed by atoms with Gasteiger partial charge in [-0.1, -0.05) is 24.3 Å². The predicted molar refractivity (Wildman–Crippen MR) is 138 cm³/mol. The Bertz CT molecular complexity index is 1150. The zero-order valence-corrected chi connectivity index (χ0v) is 20.8. The first-order chi connectivity index (χ1) is 17.1. The Morgan fingerprint density at radius 3 is 2.71 bits per heavy atom. The summed E-state index contributed by atoms with van der Waals surface area (Å²) in [7, 11) is 5.38. The van der Waals surface area contributed by atoms with Crippen LogP contribution in [0.3, 0.4) is 0 Å². The summed E-state index contributed by atoms with van der Waals surface area (Å²) in [4.78, 5) is 24.0. The molecule has 2 aromatic carbocycles. The van der Waals surface area contributed by atoms with Crippen LogP contribution in [0.15, 0.2) is 54.7 Å².